The molecule has 0 aliphatic carbocycles. The second-order valence-corrected chi connectivity index (χ2v) is 6.26. The number of rotatable bonds is 6. The summed E-state index contributed by atoms with van der Waals surface area (Å²) in [4.78, 5) is 11.9. The van der Waals surface area contributed by atoms with Crippen molar-refractivity contribution < 1.29 is 18.3 Å². The summed E-state index contributed by atoms with van der Waals surface area (Å²) in [5.41, 5.74) is 2.49. The highest BCUT2D eigenvalue weighted by atomic mass is 19.1. The Bertz CT molecular complexity index is 728. The van der Waals surface area contributed by atoms with E-state index in [0.717, 1.165) is 6.42 Å². The fourth-order valence-electron chi connectivity index (χ4n) is 3.05. The third-order valence-corrected chi connectivity index (χ3v) is 4.46. The van der Waals surface area contributed by atoms with Crippen molar-refractivity contribution in [2.24, 2.45) is 0 Å². The number of ether oxygens (including phenoxy) is 1. The molecule has 25 heavy (non-hydrogen) atoms. The number of carbonyl (C=O) groups excluding carboxylic acids is 1. The number of benzene rings is 2. The first kappa shape index (κ1) is 17.5. The lowest BCUT2D eigenvalue weighted by molar-refractivity contribution is -0.122. The Morgan fingerprint density at radius 2 is 1.80 bits per heavy atom. The molecule has 0 saturated heterocycles. The second-order valence-electron chi connectivity index (χ2n) is 6.26. The van der Waals surface area contributed by atoms with Crippen LogP contribution in [0.2, 0.25) is 0 Å². The maximum Gasteiger partial charge on any atom is 0.220 e. The highest BCUT2D eigenvalue weighted by Crippen LogP contribution is 2.20. The van der Waals surface area contributed by atoms with Crippen LogP contribution in [-0.4, -0.2) is 18.6 Å². The summed E-state index contributed by atoms with van der Waals surface area (Å²) in [6.07, 6.45) is 1.58. The van der Waals surface area contributed by atoms with Crippen LogP contribution in [0.15, 0.2) is 42.5 Å². The molecular formula is C20H21F2NO2. The predicted molar refractivity (Wildman–Crippen MR) is 91.0 cm³/mol. The summed E-state index contributed by atoms with van der Waals surface area (Å²) in [7, 11) is 0. The fraction of sp³-hybridized carbons (Fsp3) is 0.350. The van der Waals surface area contributed by atoms with Crippen LogP contribution in [0.4, 0.5) is 8.78 Å². The van der Waals surface area contributed by atoms with Gasteiger partial charge in [-0.1, -0.05) is 30.3 Å². The van der Waals surface area contributed by atoms with Gasteiger partial charge < -0.3 is 10.1 Å². The van der Waals surface area contributed by atoms with Crippen LogP contribution in [0, 0.1) is 11.6 Å². The van der Waals surface area contributed by atoms with Crippen LogP contribution < -0.4 is 5.32 Å². The molecule has 1 aliphatic rings. The van der Waals surface area contributed by atoms with Crippen LogP contribution in [0.3, 0.4) is 0 Å². The molecule has 1 amide bonds. The zero-order valence-corrected chi connectivity index (χ0v) is 13.9. The average Bonchev–Trinajstić information content (AvgIpc) is 2.62. The smallest absolute Gasteiger partial charge is 0.220 e. The Hall–Kier alpha value is -2.27. The Morgan fingerprint density at radius 1 is 1.08 bits per heavy atom. The topological polar surface area (TPSA) is 38.3 Å². The Balaban J connectivity index is 1.40. The van der Waals surface area contributed by atoms with Gasteiger partial charge in [-0.3, -0.25) is 4.79 Å². The van der Waals surface area contributed by atoms with E-state index in [2.05, 4.69) is 11.4 Å². The first-order valence-corrected chi connectivity index (χ1v) is 8.51. The number of hydrogen-bond donors (Lipinski definition) is 1. The summed E-state index contributed by atoms with van der Waals surface area (Å²) in [6, 6.07) is 11.9. The van der Waals surface area contributed by atoms with E-state index < -0.39 is 11.6 Å². The van der Waals surface area contributed by atoms with Crippen molar-refractivity contribution in [3.8, 4) is 0 Å². The van der Waals surface area contributed by atoms with Gasteiger partial charge in [0.1, 0.15) is 11.6 Å². The Morgan fingerprint density at radius 3 is 2.56 bits per heavy atom. The van der Waals surface area contributed by atoms with Gasteiger partial charge in [-0.05, 0) is 36.1 Å². The first-order chi connectivity index (χ1) is 12.1. The van der Waals surface area contributed by atoms with Crippen molar-refractivity contribution in [1.29, 1.82) is 0 Å². The minimum atomic E-state index is -0.560. The highest BCUT2D eigenvalue weighted by Gasteiger charge is 2.19. The van der Waals surface area contributed by atoms with Crippen molar-refractivity contribution in [2.45, 2.75) is 38.4 Å². The molecular weight excluding hydrogens is 324 g/mol. The minimum absolute atomic E-state index is 0.0390. The van der Waals surface area contributed by atoms with Crippen LogP contribution in [0.5, 0.6) is 0 Å². The zero-order valence-electron chi connectivity index (χ0n) is 13.9. The van der Waals surface area contributed by atoms with Crippen LogP contribution in [0.1, 0.15) is 29.5 Å². The monoisotopic (exact) mass is 345 g/mol. The van der Waals surface area contributed by atoms with Gasteiger partial charge in [0.05, 0.1) is 12.7 Å². The number of carbonyl (C=O) groups is 1. The van der Waals surface area contributed by atoms with E-state index in [-0.39, 0.29) is 30.4 Å². The number of halogens is 2. The standard InChI is InChI=1S/C20H21F2NO2/c21-18-8-4-9-19(22)17(18)7-3-10-20(24)23-12-16-11-14-5-1-2-6-15(14)13-25-16/h1-2,4-6,8-9,16H,3,7,10-13H2,(H,23,24)/t16-/m0/s1. The molecule has 2 aromatic rings. The summed E-state index contributed by atoms with van der Waals surface area (Å²) in [5.74, 6) is -1.25. The van der Waals surface area contributed by atoms with Gasteiger partial charge in [-0.2, -0.15) is 0 Å². The lowest BCUT2D eigenvalue weighted by Crippen LogP contribution is -2.36. The third kappa shape index (κ3) is 4.63. The molecule has 0 aromatic heterocycles. The Kier molecular flexibility index (Phi) is 5.76. The van der Waals surface area contributed by atoms with E-state index in [4.69, 9.17) is 4.74 Å². The molecule has 2 aromatic carbocycles. The molecule has 1 aliphatic heterocycles. The predicted octanol–water partition coefficient (Wildman–Crippen LogP) is 3.55. The van der Waals surface area contributed by atoms with Crippen LogP contribution in [-0.2, 0) is 29.0 Å². The third-order valence-electron chi connectivity index (χ3n) is 4.46. The largest absolute Gasteiger partial charge is 0.371 e. The minimum Gasteiger partial charge on any atom is -0.371 e. The van der Waals surface area contributed by atoms with Gasteiger partial charge in [0.25, 0.3) is 0 Å². The zero-order chi connectivity index (χ0) is 17.6. The molecule has 0 unspecified atom stereocenters. The summed E-state index contributed by atoms with van der Waals surface area (Å²) in [6.45, 7) is 1.00. The molecule has 1 heterocycles. The molecule has 132 valence electrons. The second kappa shape index (κ2) is 8.21. The molecule has 0 fully saturated rings. The van der Waals surface area contributed by atoms with Crippen LogP contribution in [0.25, 0.3) is 0 Å². The van der Waals surface area contributed by atoms with Gasteiger partial charge in [0, 0.05) is 24.9 Å². The molecule has 5 heteroatoms. The first-order valence-electron chi connectivity index (χ1n) is 8.51. The normalized spacial score (nSPS) is 16.3. The summed E-state index contributed by atoms with van der Waals surface area (Å²) >= 11 is 0. The molecule has 3 nitrogen and oxygen atoms in total. The van der Waals surface area contributed by atoms with E-state index in [1.165, 1.54) is 29.3 Å². The fourth-order valence-corrected chi connectivity index (χ4v) is 3.05. The number of amides is 1. The highest BCUT2D eigenvalue weighted by molar-refractivity contribution is 5.75. The summed E-state index contributed by atoms with van der Waals surface area (Å²) < 4.78 is 32.8. The van der Waals surface area contributed by atoms with Gasteiger partial charge in [0.15, 0.2) is 0 Å². The van der Waals surface area contributed by atoms with Crippen molar-refractivity contribution >= 4 is 5.91 Å². The maximum atomic E-state index is 13.5. The van der Waals surface area contributed by atoms with Crippen molar-refractivity contribution in [3.63, 3.8) is 0 Å². The summed E-state index contributed by atoms with van der Waals surface area (Å²) in [5, 5.41) is 2.85. The van der Waals surface area contributed by atoms with Crippen molar-refractivity contribution in [1.82, 2.24) is 5.32 Å². The molecule has 0 spiro atoms. The molecule has 0 saturated carbocycles. The van der Waals surface area contributed by atoms with E-state index in [1.807, 2.05) is 18.2 Å². The van der Waals surface area contributed by atoms with E-state index in [1.54, 1.807) is 0 Å². The van der Waals surface area contributed by atoms with E-state index in [0.29, 0.717) is 19.6 Å². The SMILES string of the molecule is O=C(CCCc1c(F)cccc1F)NC[C@@H]1Cc2ccccc2CO1. The molecule has 0 bridgehead atoms. The quantitative estimate of drug-likeness (QED) is 0.870. The van der Waals surface area contributed by atoms with Gasteiger partial charge in [0.2, 0.25) is 5.91 Å². The van der Waals surface area contributed by atoms with Crippen molar-refractivity contribution in [3.05, 3.63) is 70.8 Å². The van der Waals surface area contributed by atoms with E-state index in [9.17, 15) is 13.6 Å². The van der Waals surface area contributed by atoms with Gasteiger partial charge in [-0.25, -0.2) is 8.78 Å². The molecule has 3 rings (SSSR count). The number of hydrogen-bond acceptors (Lipinski definition) is 2. The molecule has 1 N–H and O–H groups in total. The van der Waals surface area contributed by atoms with E-state index >= 15 is 0 Å². The average molecular weight is 345 g/mol. The number of nitrogens with one attached hydrogen (secondary N) is 1. The van der Waals surface area contributed by atoms with Gasteiger partial charge in [-0.15, -0.1) is 0 Å². The van der Waals surface area contributed by atoms with Crippen LogP contribution >= 0.6 is 0 Å². The lowest BCUT2D eigenvalue weighted by atomic mass is 9.99. The number of fused-ring (bicyclic) bond motifs is 1. The maximum absolute atomic E-state index is 13.5. The van der Waals surface area contributed by atoms with Crippen molar-refractivity contribution in [2.75, 3.05) is 6.54 Å². The molecule has 1 atom stereocenters. The lowest BCUT2D eigenvalue weighted by Gasteiger charge is -2.25. The van der Waals surface area contributed by atoms with Gasteiger partial charge >= 0.3 is 0 Å². The Labute approximate surface area is 146 Å². The molecule has 0 radical (unpaired) electrons.